The Labute approximate surface area is 115 Å². The number of pyridine rings is 1. The fourth-order valence-corrected chi connectivity index (χ4v) is 1.97. The van der Waals surface area contributed by atoms with Crippen molar-refractivity contribution in [2.45, 2.75) is 32.0 Å². The van der Waals surface area contributed by atoms with Crippen molar-refractivity contribution in [1.29, 1.82) is 0 Å². The number of anilines is 1. The summed E-state index contributed by atoms with van der Waals surface area (Å²) in [6.45, 7) is 3.40. The van der Waals surface area contributed by atoms with Crippen LogP contribution < -0.4 is 10.1 Å². The molecule has 2 rings (SSSR count). The summed E-state index contributed by atoms with van der Waals surface area (Å²) in [6.07, 6.45) is -3.24. The van der Waals surface area contributed by atoms with E-state index >= 15 is 0 Å². The van der Waals surface area contributed by atoms with Crippen molar-refractivity contribution in [2.75, 3.05) is 25.1 Å². The van der Waals surface area contributed by atoms with Crippen LogP contribution in [0.2, 0.25) is 0 Å². The number of aromatic nitrogens is 1. The molecule has 20 heavy (non-hydrogen) atoms. The van der Waals surface area contributed by atoms with E-state index in [-0.39, 0.29) is 17.8 Å². The first-order valence-electron chi connectivity index (χ1n) is 6.56. The van der Waals surface area contributed by atoms with E-state index in [1.807, 2.05) is 0 Å². The Morgan fingerprint density at radius 1 is 1.35 bits per heavy atom. The number of rotatable bonds is 4. The second-order valence-electron chi connectivity index (χ2n) is 4.54. The molecule has 0 saturated carbocycles. The highest BCUT2D eigenvalue weighted by Gasteiger charge is 2.32. The quantitative estimate of drug-likeness (QED) is 0.925. The van der Waals surface area contributed by atoms with Crippen LogP contribution >= 0.6 is 0 Å². The number of nitrogens with zero attached hydrogens (tertiary/aromatic N) is 1. The van der Waals surface area contributed by atoms with Crippen molar-refractivity contribution >= 4 is 5.82 Å². The molecule has 7 heteroatoms. The van der Waals surface area contributed by atoms with Gasteiger partial charge in [0, 0.05) is 25.5 Å². The first-order chi connectivity index (χ1) is 9.49. The summed E-state index contributed by atoms with van der Waals surface area (Å²) in [4.78, 5) is 4.06. The SMILES string of the molecule is CCNc1cc(C(F)(F)F)cc(OC2CCOCC2)n1. The molecule has 1 aromatic rings. The number of nitrogens with one attached hydrogen (secondary N) is 1. The maximum Gasteiger partial charge on any atom is 0.416 e. The lowest BCUT2D eigenvalue weighted by Gasteiger charge is -2.23. The number of alkyl halides is 3. The topological polar surface area (TPSA) is 43.4 Å². The van der Waals surface area contributed by atoms with Gasteiger partial charge in [-0.25, -0.2) is 0 Å². The Morgan fingerprint density at radius 3 is 2.65 bits per heavy atom. The minimum atomic E-state index is -4.42. The minimum Gasteiger partial charge on any atom is -0.474 e. The van der Waals surface area contributed by atoms with Gasteiger partial charge in [-0.05, 0) is 13.0 Å². The van der Waals surface area contributed by atoms with Crippen LogP contribution in [0.25, 0.3) is 0 Å². The molecule has 0 atom stereocenters. The molecule has 1 N–H and O–H groups in total. The van der Waals surface area contributed by atoms with Crippen LogP contribution in [-0.2, 0) is 10.9 Å². The molecular weight excluding hydrogens is 273 g/mol. The molecule has 1 aliphatic heterocycles. The number of halogens is 3. The van der Waals surface area contributed by atoms with Gasteiger partial charge in [-0.2, -0.15) is 18.2 Å². The third kappa shape index (κ3) is 4.00. The highest BCUT2D eigenvalue weighted by Crippen LogP contribution is 2.33. The third-order valence-corrected chi connectivity index (χ3v) is 2.94. The molecule has 0 aromatic carbocycles. The Balaban J connectivity index is 2.19. The van der Waals surface area contributed by atoms with Gasteiger partial charge < -0.3 is 14.8 Å². The second kappa shape index (κ2) is 6.30. The largest absolute Gasteiger partial charge is 0.474 e. The maximum atomic E-state index is 12.8. The van der Waals surface area contributed by atoms with E-state index in [1.54, 1.807) is 6.92 Å². The van der Waals surface area contributed by atoms with Gasteiger partial charge in [-0.1, -0.05) is 0 Å². The number of ether oxygens (including phenoxy) is 2. The Hall–Kier alpha value is -1.50. The lowest BCUT2D eigenvalue weighted by molar-refractivity contribution is -0.137. The summed E-state index contributed by atoms with van der Waals surface area (Å²) in [5.74, 6) is 0.173. The van der Waals surface area contributed by atoms with Gasteiger partial charge >= 0.3 is 6.18 Å². The van der Waals surface area contributed by atoms with Gasteiger partial charge in [0.2, 0.25) is 5.88 Å². The van der Waals surface area contributed by atoms with Crippen molar-refractivity contribution < 1.29 is 22.6 Å². The van der Waals surface area contributed by atoms with Crippen LogP contribution in [0.15, 0.2) is 12.1 Å². The van der Waals surface area contributed by atoms with E-state index in [2.05, 4.69) is 10.3 Å². The smallest absolute Gasteiger partial charge is 0.416 e. The van der Waals surface area contributed by atoms with E-state index < -0.39 is 11.7 Å². The molecular formula is C13H17F3N2O2. The fraction of sp³-hybridized carbons (Fsp3) is 0.615. The van der Waals surface area contributed by atoms with E-state index in [1.165, 1.54) is 0 Å². The number of hydrogen-bond donors (Lipinski definition) is 1. The average molecular weight is 290 g/mol. The van der Waals surface area contributed by atoms with Crippen LogP contribution in [0.1, 0.15) is 25.3 Å². The molecule has 1 aliphatic rings. The zero-order chi connectivity index (χ0) is 14.6. The van der Waals surface area contributed by atoms with Crippen molar-refractivity contribution in [3.63, 3.8) is 0 Å². The molecule has 1 saturated heterocycles. The zero-order valence-corrected chi connectivity index (χ0v) is 11.2. The summed E-state index contributed by atoms with van der Waals surface area (Å²) in [7, 11) is 0. The van der Waals surface area contributed by atoms with Gasteiger partial charge in [-0.3, -0.25) is 0 Å². The summed E-state index contributed by atoms with van der Waals surface area (Å²) in [5.41, 5.74) is -0.759. The third-order valence-electron chi connectivity index (χ3n) is 2.94. The molecule has 2 heterocycles. The lowest BCUT2D eigenvalue weighted by Crippen LogP contribution is -2.26. The van der Waals surface area contributed by atoms with Gasteiger partial charge in [0.05, 0.1) is 18.8 Å². The Morgan fingerprint density at radius 2 is 2.05 bits per heavy atom. The van der Waals surface area contributed by atoms with Crippen molar-refractivity contribution in [3.8, 4) is 5.88 Å². The Kier molecular flexibility index (Phi) is 4.69. The van der Waals surface area contributed by atoms with Gasteiger partial charge in [0.15, 0.2) is 0 Å². The summed E-state index contributed by atoms with van der Waals surface area (Å²) in [5, 5.41) is 2.78. The normalized spacial score (nSPS) is 17.0. The minimum absolute atomic E-state index is 0.00248. The van der Waals surface area contributed by atoms with Gasteiger partial charge in [0.1, 0.15) is 11.9 Å². The van der Waals surface area contributed by atoms with Gasteiger partial charge in [0.25, 0.3) is 0 Å². The first kappa shape index (κ1) is 14.9. The highest BCUT2D eigenvalue weighted by atomic mass is 19.4. The maximum absolute atomic E-state index is 12.8. The van der Waals surface area contributed by atoms with Crippen LogP contribution in [0.3, 0.4) is 0 Å². The standard InChI is InChI=1S/C13H17F3N2O2/c1-2-17-11-7-9(13(14,15)16)8-12(18-11)20-10-3-5-19-6-4-10/h7-8,10H,2-6H2,1H3,(H,17,18). The fourth-order valence-electron chi connectivity index (χ4n) is 1.97. The first-order valence-corrected chi connectivity index (χ1v) is 6.56. The van der Waals surface area contributed by atoms with Crippen LogP contribution in [0, 0.1) is 0 Å². The number of hydrogen-bond acceptors (Lipinski definition) is 4. The van der Waals surface area contributed by atoms with Gasteiger partial charge in [-0.15, -0.1) is 0 Å². The molecule has 0 aliphatic carbocycles. The summed E-state index contributed by atoms with van der Waals surface area (Å²) >= 11 is 0. The van der Waals surface area contributed by atoms with Crippen molar-refractivity contribution in [2.24, 2.45) is 0 Å². The second-order valence-corrected chi connectivity index (χ2v) is 4.54. The molecule has 4 nitrogen and oxygen atoms in total. The summed E-state index contributed by atoms with van der Waals surface area (Å²) < 4.78 is 49.2. The predicted molar refractivity (Wildman–Crippen MR) is 67.9 cm³/mol. The summed E-state index contributed by atoms with van der Waals surface area (Å²) in [6, 6.07) is 1.93. The molecule has 112 valence electrons. The molecule has 0 bridgehead atoms. The van der Waals surface area contributed by atoms with E-state index in [4.69, 9.17) is 9.47 Å². The monoisotopic (exact) mass is 290 g/mol. The van der Waals surface area contributed by atoms with E-state index in [9.17, 15) is 13.2 Å². The molecule has 0 unspecified atom stereocenters. The lowest BCUT2D eigenvalue weighted by atomic mass is 10.1. The average Bonchev–Trinajstić information content (AvgIpc) is 2.39. The van der Waals surface area contributed by atoms with E-state index in [0.29, 0.717) is 32.6 Å². The van der Waals surface area contributed by atoms with E-state index in [0.717, 1.165) is 12.1 Å². The predicted octanol–water partition coefficient (Wildman–Crippen LogP) is 3.09. The van der Waals surface area contributed by atoms with Crippen molar-refractivity contribution in [3.05, 3.63) is 17.7 Å². The Bertz CT molecular complexity index is 446. The van der Waals surface area contributed by atoms with Crippen LogP contribution in [0.5, 0.6) is 5.88 Å². The molecule has 0 spiro atoms. The molecule has 0 amide bonds. The van der Waals surface area contributed by atoms with Crippen LogP contribution in [0.4, 0.5) is 19.0 Å². The zero-order valence-electron chi connectivity index (χ0n) is 11.2. The van der Waals surface area contributed by atoms with Crippen molar-refractivity contribution in [1.82, 2.24) is 4.98 Å². The molecule has 1 aromatic heterocycles. The molecule has 1 fully saturated rings. The van der Waals surface area contributed by atoms with Crippen LogP contribution in [-0.4, -0.2) is 30.8 Å². The molecule has 0 radical (unpaired) electrons. The highest BCUT2D eigenvalue weighted by molar-refractivity contribution is 5.42.